The van der Waals surface area contributed by atoms with Gasteiger partial charge in [0, 0.05) is 30.1 Å². The maximum atomic E-state index is 12.5. The zero-order chi connectivity index (χ0) is 17.9. The van der Waals surface area contributed by atoms with Crippen LogP contribution in [0, 0.1) is 5.92 Å². The second-order valence-electron chi connectivity index (χ2n) is 6.43. The van der Waals surface area contributed by atoms with Gasteiger partial charge in [0.25, 0.3) is 5.91 Å². The van der Waals surface area contributed by atoms with E-state index in [0.29, 0.717) is 11.5 Å². The molecule has 1 aliphatic heterocycles. The van der Waals surface area contributed by atoms with Crippen LogP contribution in [0.5, 0.6) is 0 Å². The molecule has 0 bridgehead atoms. The zero-order valence-corrected chi connectivity index (χ0v) is 15.8. The van der Waals surface area contributed by atoms with Crippen molar-refractivity contribution < 1.29 is 13.2 Å². The predicted octanol–water partition coefficient (Wildman–Crippen LogP) is 3.10. The lowest BCUT2D eigenvalue weighted by Gasteiger charge is -2.31. The highest BCUT2D eigenvalue weighted by molar-refractivity contribution is 7.89. The summed E-state index contributed by atoms with van der Waals surface area (Å²) in [5.41, 5.74) is 0.534. The number of piperidine rings is 1. The summed E-state index contributed by atoms with van der Waals surface area (Å²) in [6.45, 7) is 3.95. The molecule has 1 atom stereocenters. The lowest BCUT2D eigenvalue weighted by atomic mass is 9.99. The fraction of sp³-hybridized carbons (Fsp3) is 0.389. The normalized spacial score (nSPS) is 18.3. The van der Waals surface area contributed by atoms with Crippen molar-refractivity contribution in [2.24, 2.45) is 5.92 Å². The van der Waals surface area contributed by atoms with Crippen LogP contribution in [0.25, 0.3) is 0 Å². The number of nitrogens with zero attached hydrogens (tertiary/aromatic N) is 1. The van der Waals surface area contributed by atoms with Gasteiger partial charge in [-0.05, 0) is 54.5 Å². The molecule has 25 heavy (non-hydrogen) atoms. The third-order valence-electron chi connectivity index (χ3n) is 4.37. The number of thiophene rings is 1. The number of benzene rings is 1. The molecule has 1 unspecified atom stereocenters. The molecule has 0 saturated carbocycles. The van der Waals surface area contributed by atoms with Crippen molar-refractivity contribution in [1.82, 2.24) is 9.62 Å². The van der Waals surface area contributed by atoms with E-state index < -0.39 is 10.0 Å². The van der Waals surface area contributed by atoms with Crippen LogP contribution in [-0.4, -0.2) is 32.3 Å². The highest BCUT2D eigenvalue weighted by Gasteiger charge is 2.22. The molecular formula is C18H22N2O3S2. The Morgan fingerprint density at radius 2 is 2.04 bits per heavy atom. The minimum atomic E-state index is -3.58. The van der Waals surface area contributed by atoms with Crippen molar-refractivity contribution >= 4 is 27.3 Å². The molecule has 0 radical (unpaired) electrons. The first-order valence-electron chi connectivity index (χ1n) is 8.37. The lowest BCUT2D eigenvalue weighted by Crippen LogP contribution is -2.39. The third-order valence-corrected chi connectivity index (χ3v) is 6.67. The number of likely N-dealkylation sites (tertiary alicyclic amines) is 1. The maximum Gasteiger partial charge on any atom is 0.253 e. The maximum absolute atomic E-state index is 12.5. The van der Waals surface area contributed by atoms with Crippen LogP contribution in [0.4, 0.5) is 0 Å². The monoisotopic (exact) mass is 378 g/mol. The molecule has 1 aromatic carbocycles. The summed E-state index contributed by atoms with van der Waals surface area (Å²) in [6, 6.07) is 9.96. The molecule has 3 rings (SSSR count). The van der Waals surface area contributed by atoms with Gasteiger partial charge in [0.15, 0.2) is 0 Å². The Labute approximate surface area is 152 Å². The molecule has 5 nitrogen and oxygen atoms in total. The Morgan fingerprint density at radius 1 is 1.28 bits per heavy atom. The van der Waals surface area contributed by atoms with Crippen LogP contribution in [0.15, 0.2) is 46.7 Å². The molecule has 1 aliphatic rings. The fourth-order valence-electron chi connectivity index (χ4n) is 3.00. The summed E-state index contributed by atoms with van der Waals surface area (Å²) >= 11 is 1.50. The van der Waals surface area contributed by atoms with Gasteiger partial charge in [-0.25, -0.2) is 13.1 Å². The van der Waals surface area contributed by atoms with E-state index >= 15 is 0 Å². The first-order valence-corrected chi connectivity index (χ1v) is 10.7. The molecular weight excluding hydrogens is 356 g/mol. The molecule has 7 heteroatoms. The molecule has 2 heterocycles. The quantitative estimate of drug-likeness (QED) is 0.869. The lowest BCUT2D eigenvalue weighted by molar-refractivity contribution is 0.0683. The van der Waals surface area contributed by atoms with E-state index in [4.69, 9.17) is 0 Å². The van der Waals surface area contributed by atoms with E-state index in [1.54, 1.807) is 12.1 Å². The van der Waals surface area contributed by atoms with Gasteiger partial charge in [0.1, 0.15) is 0 Å². The summed E-state index contributed by atoms with van der Waals surface area (Å²) in [5.74, 6) is 0.487. The van der Waals surface area contributed by atoms with Crippen LogP contribution < -0.4 is 4.72 Å². The van der Waals surface area contributed by atoms with Gasteiger partial charge in [0.05, 0.1) is 4.90 Å². The first kappa shape index (κ1) is 18.1. The Hall–Kier alpha value is -1.70. The van der Waals surface area contributed by atoms with E-state index in [-0.39, 0.29) is 17.3 Å². The largest absolute Gasteiger partial charge is 0.338 e. The highest BCUT2D eigenvalue weighted by atomic mass is 32.2. The van der Waals surface area contributed by atoms with Crippen molar-refractivity contribution in [3.8, 4) is 0 Å². The molecule has 1 N–H and O–H groups in total. The van der Waals surface area contributed by atoms with Gasteiger partial charge >= 0.3 is 0 Å². The van der Waals surface area contributed by atoms with Gasteiger partial charge in [-0.3, -0.25) is 4.79 Å². The van der Waals surface area contributed by atoms with Gasteiger partial charge in [-0.15, -0.1) is 11.3 Å². The average Bonchev–Trinajstić information content (AvgIpc) is 3.13. The van der Waals surface area contributed by atoms with Crippen LogP contribution in [0.3, 0.4) is 0 Å². The van der Waals surface area contributed by atoms with Gasteiger partial charge < -0.3 is 4.90 Å². The summed E-state index contributed by atoms with van der Waals surface area (Å²) in [5, 5.41) is 1.91. The second-order valence-corrected chi connectivity index (χ2v) is 9.23. The standard InChI is InChI=1S/C18H22N2O3S2/c1-14-4-2-10-20(13-14)18(21)15-6-8-17(9-7-15)25(22,23)19-12-16-5-3-11-24-16/h3,5-9,11,14,19H,2,4,10,12-13H2,1H3. The van der Waals surface area contributed by atoms with E-state index in [0.717, 1.165) is 30.8 Å². The molecule has 134 valence electrons. The molecule has 1 amide bonds. The minimum Gasteiger partial charge on any atom is -0.338 e. The van der Waals surface area contributed by atoms with Crippen LogP contribution in [0.1, 0.15) is 35.0 Å². The van der Waals surface area contributed by atoms with Crippen molar-refractivity contribution in [2.75, 3.05) is 13.1 Å². The average molecular weight is 379 g/mol. The number of nitrogens with one attached hydrogen (secondary N) is 1. The third kappa shape index (κ3) is 4.48. The minimum absolute atomic E-state index is 0.0259. The first-order chi connectivity index (χ1) is 12.0. The van der Waals surface area contributed by atoms with Crippen molar-refractivity contribution in [3.05, 3.63) is 52.2 Å². The van der Waals surface area contributed by atoms with Gasteiger partial charge in [-0.1, -0.05) is 13.0 Å². The molecule has 0 aliphatic carbocycles. The van der Waals surface area contributed by atoms with Crippen molar-refractivity contribution in [1.29, 1.82) is 0 Å². The fourth-order valence-corrected chi connectivity index (χ4v) is 4.74. The number of rotatable bonds is 5. The van der Waals surface area contributed by atoms with Crippen LogP contribution in [-0.2, 0) is 16.6 Å². The Bertz CT molecular complexity index is 815. The van der Waals surface area contributed by atoms with E-state index in [9.17, 15) is 13.2 Å². The number of amides is 1. The van der Waals surface area contributed by atoms with E-state index in [1.807, 2.05) is 22.4 Å². The Balaban J connectivity index is 1.67. The number of hydrogen-bond acceptors (Lipinski definition) is 4. The molecule has 1 aromatic heterocycles. The summed E-state index contributed by atoms with van der Waals surface area (Å²) < 4.78 is 27.3. The summed E-state index contributed by atoms with van der Waals surface area (Å²) in [6.07, 6.45) is 2.17. The molecule has 1 fully saturated rings. The molecule has 0 spiro atoms. The van der Waals surface area contributed by atoms with Crippen molar-refractivity contribution in [3.63, 3.8) is 0 Å². The number of hydrogen-bond donors (Lipinski definition) is 1. The second kappa shape index (κ2) is 7.68. The van der Waals surface area contributed by atoms with Crippen LogP contribution in [0.2, 0.25) is 0 Å². The van der Waals surface area contributed by atoms with E-state index in [2.05, 4.69) is 11.6 Å². The summed E-state index contributed by atoms with van der Waals surface area (Å²) in [7, 11) is -3.58. The van der Waals surface area contributed by atoms with Crippen molar-refractivity contribution in [2.45, 2.75) is 31.2 Å². The number of carbonyl (C=O) groups is 1. The van der Waals surface area contributed by atoms with Crippen LogP contribution >= 0.6 is 11.3 Å². The Morgan fingerprint density at radius 3 is 2.68 bits per heavy atom. The summed E-state index contributed by atoms with van der Waals surface area (Å²) in [4.78, 5) is 15.5. The topological polar surface area (TPSA) is 66.5 Å². The molecule has 1 saturated heterocycles. The Kier molecular flexibility index (Phi) is 5.56. The zero-order valence-electron chi connectivity index (χ0n) is 14.1. The van der Waals surface area contributed by atoms with Gasteiger partial charge in [-0.2, -0.15) is 0 Å². The predicted molar refractivity (Wildman–Crippen MR) is 99.1 cm³/mol. The van der Waals surface area contributed by atoms with Gasteiger partial charge in [0.2, 0.25) is 10.0 Å². The highest BCUT2D eigenvalue weighted by Crippen LogP contribution is 2.19. The smallest absolute Gasteiger partial charge is 0.253 e. The SMILES string of the molecule is CC1CCCN(C(=O)c2ccc(S(=O)(=O)NCc3cccs3)cc2)C1. The number of sulfonamides is 1. The number of carbonyl (C=O) groups excluding carboxylic acids is 1. The molecule has 2 aromatic rings. The van der Waals surface area contributed by atoms with E-state index in [1.165, 1.54) is 23.5 Å².